The zero-order valence-electron chi connectivity index (χ0n) is 23.5. The summed E-state index contributed by atoms with van der Waals surface area (Å²) < 4.78 is 8.67. The molecule has 216 valence electrons. The Morgan fingerprint density at radius 1 is 1.02 bits per heavy atom. The molecule has 4 heterocycles. The first-order valence-electron chi connectivity index (χ1n) is 14.3. The highest BCUT2D eigenvalue weighted by Gasteiger charge is 2.40. The van der Waals surface area contributed by atoms with E-state index in [1.54, 1.807) is 10.9 Å². The van der Waals surface area contributed by atoms with Crippen LogP contribution < -0.4 is 11.3 Å². The van der Waals surface area contributed by atoms with Crippen LogP contribution in [0.25, 0.3) is 33.6 Å². The molecule has 1 aliphatic heterocycles. The number of furan rings is 1. The van der Waals surface area contributed by atoms with Crippen molar-refractivity contribution >= 4 is 22.6 Å². The van der Waals surface area contributed by atoms with Gasteiger partial charge >= 0.3 is 0 Å². The van der Waals surface area contributed by atoms with Crippen molar-refractivity contribution < 1.29 is 9.52 Å². The van der Waals surface area contributed by atoms with Crippen LogP contribution in [0.4, 0.5) is 0 Å². The summed E-state index contributed by atoms with van der Waals surface area (Å²) in [6.45, 7) is 2.22. The average Bonchev–Trinajstić information content (AvgIpc) is 3.36. The Bertz CT molecular complexity index is 1810. The SMILES string of the molecule is Cn1nc2c(=O)n(CC3(O)CCN(Cc4ccc(-c5ccco5)cc4Cl)CC3)cnc2c1-c1ccc(C2(N)CC2)cc1. The van der Waals surface area contributed by atoms with Gasteiger partial charge in [0.05, 0.1) is 30.4 Å². The molecule has 0 unspecified atom stereocenters. The first-order valence-corrected chi connectivity index (χ1v) is 14.7. The van der Waals surface area contributed by atoms with Crippen LogP contribution in [0.1, 0.15) is 36.8 Å². The summed E-state index contributed by atoms with van der Waals surface area (Å²) in [7, 11) is 1.82. The third-order valence-corrected chi connectivity index (χ3v) is 9.19. The van der Waals surface area contributed by atoms with E-state index in [0.717, 1.165) is 46.5 Å². The van der Waals surface area contributed by atoms with Gasteiger partial charge in [-0.1, -0.05) is 48.0 Å². The third-order valence-electron chi connectivity index (χ3n) is 8.84. The third kappa shape index (κ3) is 4.96. The maximum Gasteiger partial charge on any atom is 0.281 e. The fraction of sp³-hybridized carbons (Fsp3) is 0.344. The van der Waals surface area contributed by atoms with Crippen LogP contribution in [0, 0.1) is 0 Å². The standard InChI is InChI=1S/C32H33ClN6O3/c1-37-29(21-6-8-24(9-7-21)32(34)10-11-32)27-28(36-37)30(40)39(20-35-27)19-31(41)12-14-38(15-13-31)18-23-5-4-22(17-25(23)33)26-3-2-16-42-26/h2-9,16-17,20,41H,10-15,18-19,34H2,1H3. The van der Waals surface area contributed by atoms with Crippen molar-refractivity contribution in [3.63, 3.8) is 0 Å². The Hall–Kier alpha value is -3.76. The van der Waals surface area contributed by atoms with E-state index in [-0.39, 0.29) is 17.6 Å². The van der Waals surface area contributed by atoms with Gasteiger partial charge in [-0.2, -0.15) is 5.10 Å². The van der Waals surface area contributed by atoms with Crippen LogP contribution in [0.3, 0.4) is 0 Å². The van der Waals surface area contributed by atoms with Gasteiger partial charge in [0, 0.05) is 48.4 Å². The summed E-state index contributed by atoms with van der Waals surface area (Å²) in [4.78, 5) is 20.4. The zero-order valence-corrected chi connectivity index (χ0v) is 24.2. The molecule has 1 saturated carbocycles. The van der Waals surface area contributed by atoms with Gasteiger partial charge in [-0.3, -0.25) is 18.9 Å². The minimum absolute atomic E-state index is 0.167. The van der Waals surface area contributed by atoms with Crippen molar-refractivity contribution in [2.24, 2.45) is 12.8 Å². The van der Waals surface area contributed by atoms with E-state index in [4.69, 9.17) is 21.8 Å². The summed E-state index contributed by atoms with van der Waals surface area (Å²) >= 11 is 6.60. The summed E-state index contributed by atoms with van der Waals surface area (Å²) in [5.74, 6) is 0.781. The lowest BCUT2D eigenvalue weighted by Crippen LogP contribution is -2.47. The molecule has 5 aromatic rings. The molecule has 42 heavy (non-hydrogen) atoms. The largest absolute Gasteiger partial charge is 0.464 e. The first kappa shape index (κ1) is 27.1. The number of halogens is 1. The lowest BCUT2D eigenvalue weighted by molar-refractivity contribution is -0.0364. The van der Waals surface area contributed by atoms with Gasteiger partial charge in [-0.15, -0.1) is 0 Å². The van der Waals surface area contributed by atoms with Crippen LogP contribution in [0.2, 0.25) is 5.02 Å². The van der Waals surface area contributed by atoms with Crippen molar-refractivity contribution in [1.29, 1.82) is 0 Å². The van der Waals surface area contributed by atoms with E-state index in [0.29, 0.717) is 48.5 Å². The number of aliphatic hydroxyl groups is 1. The predicted octanol–water partition coefficient (Wildman–Crippen LogP) is 4.69. The molecule has 2 fully saturated rings. The van der Waals surface area contributed by atoms with Crippen LogP contribution in [0.5, 0.6) is 0 Å². The highest BCUT2D eigenvalue weighted by molar-refractivity contribution is 6.31. The van der Waals surface area contributed by atoms with Crippen LogP contribution in [0.15, 0.2) is 76.4 Å². The molecule has 0 bridgehead atoms. The number of hydrogen-bond donors (Lipinski definition) is 2. The highest BCUT2D eigenvalue weighted by Crippen LogP contribution is 2.43. The van der Waals surface area contributed by atoms with E-state index in [1.165, 1.54) is 10.9 Å². The molecule has 9 nitrogen and oxygen atoms in total. The van der Waals surface area contributed by atoms with Crippen LogP contribution in [-0.4, -0.2) is 48.0 Å². The number of aryl methyl sites for hydroxylation is 1. The molecule has 7 rings (SSSR count). The Morgan fingerprint density at radius 2 is 1.76 bits per heavy atom. The molecule has 0 atom stereocenters. The molecule has 0 spiro atoms. The Labute approximate surface area is 248 Å². The van der Waals surface area contributed by atoms with E-state index < -0.39 is 5.60 Å². The van der Waals surface area contributed by atoms with Gasteiger partial charge in [-0.25, -0.2) is 4.98 Å². The van der Waals surface area contributed by atoms with E-state index in [2.05, 4.69) is 15.0 Å². The second-order valence-corrected chi connectivity index (χ2v) is 12.3. The monoisotopic (exact) mass is 584 g/mol. The maximum atomic E-state index is 13.5. The Balaban J connectivity index is 1.04. The normalized spacial score (nSPS) is 18.0. The number of hydrogen-bond acceptors (Lipinski definition) is 7. The number of nitrogens with two attached hydrogens (primary N) is 1. The molecule has 1 saturated heterocycles. The van der Waals surface area contributed by atoms with Gasteiger partial charge in [-0.05, 0) is 55.0 Å². The van der Waals surface area contributed by atoms with Gasteiger partial charge in [0.2, 0.25) is 0 Å². The fourth-order valence-electron chi connectivity index (χ4n) is 6.03. The van der Waals surface area contributed by atoms with Crippen molar-refractivity contribution in [2.75, 3.05) is 13.1 Å². The lowest BCUT2D eigenvalue weighted by Gasteiger charge is -2.38. The summed E-state index contributed by atoms with van der Waals surface area (Å²) in [5.41, 5.74) is 10.5. The van der Waals surface area contributed by atoms with Crippen molar-refractivity contribution in [3.05, 3.63) is 93.7 Å². The number of likely N-dealkylation sites (tertiary alicyclic amines) is 1. The topological polar surface area (TPSA) is 115 Å². The van der Waals surface area contributed by atoms with Crippen molar-refractivity contribution in [1.82, 2.24) is 24.2 Å². The second kappa shape index (κ2) is 10.2. The summed E-state index contributed by atoms with van der Waals surface area (Å²) in [6.07, 6.45) is 6.24. The molecule has 1 aliphatic carbocycles. The van der Waals surface area contributed by atoms with Gasteiger partial charge < -0.3 is 15.3 Å². The quantitative estimate of drug-likeness (QED) is 0.285. The zero-order chi connectivity index (χ0) is 29.1. The van der Waals surface area contributed by atoms with Gasteiger partial charge in [0.15, 0.2) is 5.52 Å². The molecule has 3 N–H and O–H groups in total. The minimum Gasteiger partial charge on any atom is -0.464 e. The number of fused-ring (bicyclic) bond motifs is 1. The van der Waals surface area contributed by atoms with Crippen LogP contribution in [-0.2, 0) is 25.7 Å². The number of rotatable bonds is 7. The smallest absolute Gasteiger partial charge is 0.281 e. The Kier molecular flexibility index (Phi) is 6.58. The van der Waals surface area contributed by atoms with E-state index >= 15 is 0 Å². The molecular weight excluding hydrogens is 552 g/mol. The molecular formula is C32H33ClN6O3. The maximum absolute atomic E-state index is 13.5. The van der Waals surface area contributed by atoms with Gasteiger partial charge in [0.25, 0.3) is 5.56 Å². The fourth-order valence-corrected chi connectivity index (χ4v) is 6.27. The molecule has 0 amide bonds. The lowest BCUT2D eigenvalue weighted by atomic mass is 9.91. The predicted molar refractivity (Wildman–Crippen MR) is 162 cm³/mol. The highest BCUT2D eigenvalue weighted by atomic mass is 35.5. The van der Waals surface area contributed by atoms with Crippen molar-refractivity contribution in [3.8, 4) is 22.6 Å². The van der Waals surface area contributed by atoms with E-state index in [1.807, 2.05) is 61.6 Å². The summed E-state index contributed by atoms with van der Waals surface area (Å²) in [5, 5.41) is 16.7. The number of piperidine rings is 1. The van der Waals surface area contributed by atoms with Gasteiger partial charge in [0.1, 0.15) is 11.3 Å². The van der Waals surface area contributed by atoms with Crippen LogP contribution >= 0.6 is 11.6 Å². The Morgan fingerprint density at radius 3 is 2.43 bits per heavy atom. The first-order chi connectivity index (χ1) is 20.2. The van der Waals surface area contributed by atoms with Crippen molar-refractivity contribution in [2.45, 2.75) is 49.9 Å². The number of aromatic nitrogens is 4. The van der Waals surface area contributed by atoms with E-state index in [9.17, 15) is 9.90 Å². The second-order valence-electron chi connectivity index (χ2n) is 11.9. The summed E-state index contributed by atoms with van der Waals surface area (Å²) in [6, 6.07) is 17.9. The molecule has 2 aromatic carbocycles. The molecule has 2 aliphatic rings. The average molecular weight is 585 g/mol. The number of nitrogens with zero attached hydrogens (tertiary/aromatic N) is 5. The molecule has 3 aromatic heterocycles. The molecule has 0 radical (unpaired) electrons. The minimum atomic E-state index is -1.02. The molecule has 10 heteroatoms. The number of benzene rings is 2.